The lowest BCUT2D eigenvalue weighted by atomic mass is 9.94. The molecule has 0 aromatic carbocycles. The molecule has 3 heteroatoms. The van der Waals surface area contributed by atoms with Gasteiger partial charge in [-0.25, -0.2) is 0 Å². The molecule has 0 aromatic rings. The number of Topliss-reactive ketones (excluding diaryl/α,β-unsaturated/α-hetero) is 1. The molecular formula is C11H15NO2. The average Bonchev–Trinajstić information content (AvgIpc) is 2.76. The highest BCUT2D eigenvalue weighted by molar-refractivity contribution is 6.44. The quantitative estimate of drug-likeness (QED) is 0.680. The Bertz CT molecular complexity index is 311. The summed E-state index contributed by atoms with van der Waals surface area (Å²) in [5, 5.41) is 7.61. The summed E-state index contributed by atoms with van der Waals surface area (Å²) in [5.74, 6) is -0.147. The first-order valence-electron chi connectivity index (χ1n) is 5.06. The fraction of sp³-hybridized carbons (Fsp3) is 0.636. The molecule has 1 aliphatic heterocycles. The molecule has 1 saturated heterocycles. The van der Waals surface area contributed by atoms with E-state index in [-0.39, 0.29) is 17.1 Å². The van der Waals surface area contributed by atoms with Gasteiger partial charge < -0.3 is 4.74 Å². The number of hydrogen-bond donors (Lipinski definition) is 1. The van der Waals surface area contributed by atoms with Crippen LogP contribution in [0.4, 0.5) is 0 Å². The summed E-state index contributed by atoms with van der Waals surface area (Å²) >= 11 is 0. The lowest BCUT2D eigenvalue weighted by Gasteiger charge is -2.22. The van der Waals surface area contributed by atoms with E-state index in [1.165, 1.54) is 6.92 Å². The summed E-state index contributed by atoms with van der Waals surface area (Å²) in [5.41, 5.74) is 0.980. The van der Waals surface area contributed by atoms with Gasteiger partial charge in [-0.3, -0.25) is 10.2 Å². The van der Waals surface area contributed by atoms with Gasteiger partial charge in [-0.15, -0.1) is 0 Å². The zero-order chi connectivity index (χ0) is 10.2. The van der Waals surface area contributed by atoms with Crippen LogP contribution in [-0.4, -0.2) is 23.7 Å². The van der Waals surface area contributed by atoms with Gasteiger partial charge in [-0.2, -0.15) is 0 Å². The number of carbonyl (C=O) groups is 1. The predicted molar refractivity (Wildman–Crippen MR) is 53.6 cm³/mol. The third-order valence-electron chi connectivity index (χ3n) is 3.09. The van der Waals surface area contributed by atoms with E-state index >= 15 is 0 Å². The second kappa shape index (κ2) is 3.31. The number of hydrogen-bond acceptors (Lipinski definition) is 3. The Labute approximate surface area is 83.6 Å². The van der Waals surface area contributed by atoms with Crippen LogP contribution in [0, 0.1) is 5.41 Å². The van der Waals surface area contributed by atoms with Gasteiger partial charge in [0.15, 0.2) is 5.78 Å². The van der Waals surface area contributed by atoms with Gasteiger partial charge in [0.1, 0.15) is 0 Å². The predicted octanol–water partition coefficient (Wildman–Crippen LogP) is 1.86. The highest BCUT2D eigenvalue weighted by Crippen LogP contribution is 2.40. The molecule has 1 unspecified atom stereocenters. The van der Waals surface area contributed by atoms with E-state index in [9.17, 15) is 4.79 Å². The summed E-state index contributed by atoms with van der Waals surface area (Å²) in [7, 11) is 0. The molecule has 1 fully saturated rings. The molecule has 0 bridgehead atoms. The molecule has 3 nitrogen and oxygen atoms in total. The third-order valence-corrected chi connectivity index (χ3v) is 3.09. The lowest BCUT2D eigenvalue weighted by Crippen LogP contribution is -2.25. The SMILES string of the molecule is CC(=O)C(=N)C1=CCC2(CCCO2)C1. The Balaban J connectivity index is 2.06. The Morgan fingerprint density at radius 2 is 2.43 bits per heavy atom. The van der Waals surface area contributed by atoms with E-state index in [4.69, 9.17) is 10.1 Å². The maximum absolute atomic E-state index is 11.0. The second-order valence-corrected chi connectivity index (χ2v) is 4.18. The van der Waals surface area contributed by atoms with Gasteiger partial charge in [-0.1, -0.05) is 6.08 Å². The zero-order valence-corrected chi connectivity index (χ0v) is 8.43. The van der Waals surface area contributed by atoms with Crippen LogP contribution in [0.5, 0.6) is 0 Å². The summed E-state index contributed by atoms with van der Waals surface area (Å²) in [4.78, 5) is 11.0. The normalized spacial score (nSPS) is 30.8. The number of ketones is 1. The molecule has 1 atom stereocenters. The smallest absolute Gasteiger partial charge is 0.177 e. The first-order valence-corrected chi connectivity index (χ1v) is 5.06. The average molecular weight is 193 g/mol. The summed E-state index contributed by atoms with van der Waals surface area (Å²) in [6, 6.07) is 0. The molecule has 0 aromatic heterocycles. The van der Waals surface area contributed by atoms with E-state index < -0.39 is 0 Å². The molecule has 1 spiro atoms. The standard InChI is InChI=1S/C11H15NO2/c1-8(13)10(12)9-3-5-11(7-9)4-2-6-14-11/h3,12H,2,4-7H2,1H3. The van der Waals surface area contributed by atoms with Gasteiger partial charge >= 0.3 is 0 Å². The minimum atomic E-state index is -0.147. The maximum Gasteiger partial charge on any atom is 0.177 e. The molecule has 2 rings (SSSR count). The highest BCUT2D eigenvalue weighted by Gasteiger charge is 2.39. The summed E-state index contributed by atoms with van der Waals surface area (Å²) < 4.78 is 5.70. The Kier molecular flexibility index (Phi) is 2.27. The molecule has 0 amide bonds. The number of ether oxygens (including phenoxy) is 1. The van der Waals surface area contributed by atoms with Gasteiger partial charge in [0.25, 0.3) is 0 Å². The van der Waals surface area contributed by atoms with Crippen LogP contribution in [0.25, 0.3) is 0 Å². The van der Waals surface area contributed by atoms with Crippen molar-refractivity contribution < 1.29 is 9.53 Å². The molecule has 0 radical (unpaired) electrons. The second-order valence-electron chi connectivity index (χ2n) is 4.18. The van der Waals surface area contributed by atoms with Gasteiger partial charge in [0, 0.05) is 20.0 Å². The maximum atomic E-state index is 11.0. The molecule has 14 heavy (non-hydrogen) atoms. The fourth-order valence-corrected chi connectivity index (χ4v) is 2.27. The van der Waals surface area contributed by atoms with Crippen molar-refractivity contribution in [3.8, 4) is 0 Å². The van der Waals surface area contributed by atoms with Crippen molar-refractivity contribution in [3.05, 3.63) is 11.6 Å². The molecule has 2 aliphatic rings. The summed E-state index contributed by atoms with van der Waals surface area (Å²) in [6.07, 6.45) is 5.80. The topological polar surface area (TPSA) is 50.2 Å². The summed E-state index contributed by atoms with van der Waals surface area (Å²) in [6.45, 7) is 2.28. The Morgan fingerprint density at radius 3 is 3.00 bits per heavy atom. The number of carbonyl (C=O) groups excluding carboxylic acids is 1. The van der Waals surface area contributed by atoms with Crippen molar-refractivity contribution >= 4 is 11.5 Å². The monoisotopic (exact) mass is 193 g/mol. The van der Waals surface area contributed by atoms with Crippen molar-refractivity contribution in [1.29, 1.82) is 5.41 Å². The van der Waals surface area contributed by atoms with Crippen LogP contribution < -0.4 is 0 Å². The third kappa shape index (κ3) is 1.52. The number of nitrogens with one attached hydrogen (secondary N) is 1. The van der Waals surface area contributed by atoms with Crippen molar-refractivity contribution in [3.63, 3.8) is 0 Å². The van der Waals surface area contributed by atoms with Crippen LogP contribution in [0.1, 0.15) is 32.6 Å². The van der Waals surface area contributed by atoms with Crippen molar-refractivity contribution in [2.75, 3.05) is 6.61 Å². The van der Waals surface area contributed by atoms with Crippen molar-refractivity contribution in [1.82, 2.24) is 0 Å². The van der Waals surface area contributed by atoms with Gasteiger partial charge in [0.2, 0.25) is 0 Å². The van der Waals surface area contributed by atoms with Crippen LogP contribution in [0.2, 0.25) is 0 Å². The Hall–Kier alpha value is -0.960. The van der Waals surface area contributed by atoms with Crippen molar-refractivity contribution in [2.24, 2.45) is 0 Å². The molecule has 1 N–H and O–H groups in total. The van der Waals surface area contributed by atoms with E-state index in [0.29, 0.717) is 0 Å². The van der Waals surface area contributed by atoms with Crippen LogP contribution in [0.3, 0.4) is 0 Å². The minimum absolute atomic E-state index is 0.0584. The van der Waals surface area contributed by atoms with Gasteiger partial charge in [0.05, 0.1) is 11.3 Å². The largest absolute Gasteiger partial charge is 0.374 e. The molecule has 0 saturated carbocycles. The van der Waals surface area contributed by atoms with E-state index in [2.05, 4.69) is 0 Å². The molecule has 76 valence electrons. The molecule has 1 heterocycles. The van der Waals surface area contributed by atoms with Gasteiger partial charge in [-0.05, 0) is 24.8 Å². The van der Waals surface area contributed by atoms with Crippen LogP contribution >= 0.6 is 0 Å². The van der Waals surface area contributed by atoms with E-state index in [1.807, 2.05) is 6.08 Å². The van der Waals surface area contributed by atoms with Crippen LogP contribution in [0.15, 0.2) is 11.6 Å². The fourth-order valence-electron chi connectivity index (χ4n) is 2.27. The first kappa shape index (κ1) is 9.59. The zero-order valence-electron chi connectivity index (χ0n) is 8.43. The lowest BCUT2D eigenvalue weighted by molar-refractivity contribution is -0.111. The van der Waals surface area contributed by atoms with Crippen LogP contribution in [-0.2, 0) is 9.53 Å². The van der Waals surface area contributed by atoms with E-state index in [1.54, 1.807) is 0 Å². The highest BCUT2D eigenvalue weighted by atomic mass is 16.5. The van der Waals surface area contributed by atoms with Crippen molar-refractivity contribution in [2.45, 2.75) is 38.2 Å². The first-order chi connectivity index (χ1) is 6.63. The molecule has 1 aliphatic carbocycles. The Morgan fingerprint density at radius 1 is 1.64 bits per heavy atom. The number of rotatable bonds is 2. The molecular weight excluding hydrogens is 178 g/mol. The minimum Gasteiger partial charge on any atom is -0.374 e. The van der Waals surface area contributed by atoms with E-state index in [0.717, 1.165) is 37.9 Å².